The highest BCUT2D eigenvalue weighted by molar-refractivity contribution is 6.35. The Bertz CT molecular complexity index is 1500. The van der Waals surface area contributed by atoms with E-state index < -0.39 is 11.9 Å². The lowest BCUT2D eigenvalue weighted by atomic mass is 9.68. The molecular weight excluding hydrogens is 521 g/mol. The summed E-state index contributed by atoms with van der Waals surface area (Å²) in [5, 5.41) is 9.41. The van der Waals surface area contributed by atoms with Crippen molar-refractivity contribution < 1.29 is 14.3 Å². The standard InChI is InChI=1S/C30H29Cl2N3O3/c1-17-25(29(37)38-4)26(27-23(33-17)13-30(2,3)14-24(27)36)21-16-35(15-19-10-11-20(31)12-22(19)32)34-28(21)18-8-6-5-7-9-18/h5-12,16,26,33H,13-15H2,1-4H3/t26-/m0/s1. The van der Waals surface area contributed by atoms with Gasteiger partial charge in [-0.25, -0.2) is 4.79 Å². The molecule has 38 heavy (non-hydrogen) atoms. The number of hydrogen-bond acceptors (Lipinski definition) is 5. The largest absolute Gasteiger partial charge is 0.466 e. The molecule has 0 radical (unpaired) electrons. The van der Waals surface area contributed by atoms with E-state index in [2.05, 4.69) is 19.2 Å². The highest BCUT2D eigenvalue weighted by Crippen LogP contribution is 2.48. The molecule has 2 heterocycles. The Balaban J connectivity index is 1.72. The van der Waals surface area contributed by atoms with Crippen molar-refractivity contribution in [3.05, 3.63) is 98.4 Å². The van der Waals surface area contributed by atoms with Gasteiger partial charge in [0.2, 0.25) is 0 Å². The summed E-state index contributed by atoms with van der Waals surface area (Å²) in [4.78, 5) is 26.9. The van der Waals surface area contributed by atoms with Gasteiger partial charge in [-0.1, -0.05) is 73.4 Å². The average Bonchev–Trinajstić information content (AvgIpc) is 3.28. The van der Waals surface area contributed by atoms with E-state index in [4.69, 9.17) is 33.0 Å². The fraction of sp³-hybridized carbons (Fsp3) is 0.300. The normalized spacial score (nSPS) is 18.8. The molecule has 0 spiro atoms. The summed E-state index contributed by atoms with van der Waals surface area (Å²) in [7, 11) is 1.36. The SMILES string of the molecule is COC(=O)C1=C(C)NC2=C(C(=O)CC(C)(C)C2)[C@H]1c1cn(Cc2ccc(Cl)cc2Cl)nc1-c1ccccc1. The van der Waals surface area contributed by atoms with E-state index in [-0.39, 0.29) is 11.2 Å². The molecule has 0 bridgehead atoms. The number of rotatable bonds is 5. The number of halogens is 2. The van der Waals surface area contributed by atoms with Crippen LogP contribution in [0, 0.1) is 5.41 Å². The lowest BCUT2D eigenvalue weighted by molar-refractivity contribution is -0.136. The highest BCUT2D eigenvalue weighted by atomic mass is 35.5. The van der Waals surface area contributed by atoms with Crippen LogP contribution in [-0.4, -0.2) is 28.6 Å². The lowest BCUT2D eigenvalue weighted by Gasteiger charge is -2.39. The van der Waals surface area contributed by atoms with Crippen molar-refractivity contribution in [1.29, 1.82) is 0 Å². The fourth-order valence-electron chi connectivity index (χ4n) is 5.50. The van der Waals surface area contributed by atoms with Crippen LogP contribution in [0.2, 0.25) is 10.0 Å². The quantitative estimate of drug-likeness (QED) is 0.359. The van der Waals surface area contributed by atoms with Gasteiger partial charge in [0.1, 0.15) is 0 Å². The van der Waals surface area contributed by atoms with Gasteiger partial charge in [-0.05, 0) is 36.5 Å². The lowest BCUT2D eigenvalue weighted by Crippen LogP contribution is -2.38. The number of dihydropyridines is 1. The molecule has 0 saturated carbocycles. The molecule has 0 fully saturated rings. The summed E-state index contributed by atoms with van der Waals surface area (Å²) in [6, 6.07) is 15.1. The number of esters is 1. The number of ether oxygens (including phenoxy) is 1. The minimum absolute atomic E-state index is 0.0233. The van der Waals surface area contributed by atoms with E-state index in [9.17, 15) is 9.59 Å². The molecule has 1 aromatic heterocycles. The zero-order valence-electron chi connectivity index (χ0n) is 21.8. The van der Waals surface area contributed by atoms with Gasteiger partial charge in [-0.2, -0.15) is 5.10 Å². The summed E-state index contributed by atoms with van der Waals surface area (Å²) >= 11 is 12.6. The van der Waals surface area contributed by atoms with Crippen molar-refractivity contribution in [3.8, 4) is 11.3 Å². The molecule has 0 amide bonds. The zero-order chi connectivity index (χ0) is 27.2. The molecule has 8 heteroatoms. The molecule has 1 N–H and O–H groups in total. The first-order valence-electron chi connectivity index (χ1n) is 12.5. The van der Waals surface area contributed by atoms with Crippen LogP contribution in [0.3, 0.4) is 0 Å². The van der Waals surface area contributed by atoms with Gasteiger partial charge < -0.3 is 10.1 Å². The maximum atomic E-state index is 13.7. The van der Waals surface area contributed by atoms with Crippen LogP contribution < -0.4 is 5.32 Å². The summed E-state index contributed by atoms with van der Waals surface area (Å²) in [5.74, 6) is -1.07. The van der Waals surface area contributed by atoms with Crippen LogP contribution in [0.4, 0.5) is 0 Å². The Labute approximate surface area is 232 Å². The average molecular weight is 550 g/mol. The molecule has 1 aliphatic heterocycles. The maximum absolute atomic E-state index is 13.7. The number of methoxy groups -OCH3 is 1. The maximum Gasteiger partial charge on any atom is 0.336 e. The van der Waals surface area contributed by atoms with Crippen molar-refractivity contribution >= 4 is 35.0 Å². The summed E-state index contributed by atoms with van der Waals surface area (Å²) in [6.07, 6.45) is 3.01. The molecule has 1 aliphatic carbocycles. The van der Waals surface area contributed by atoms with Gasteiger partial charge in [0.15, 0.2) is 5.78 Å². The van der Waals surface area contributed by atoms with Crippen LogP contribution in [-0.2, 0) is 20.9 Å². The number of hydrogen-bond donors (Lipinski definition) is 1. The van der Waals surface area contributed by atoms with E-state index in [1.54, 1.807) is 16.8 Å². The Hall–Kier alpha value is -3.35. The van der Waals surface area contributed by atoms with E-state index in [1.807, 2.05) is 49.5 Å². The number of nitrogens with zero attached hydrogens (tertiary/aromatic N) is 2. The van der Waals surface area contributed by atoms with Gasteiger partial charge in [0, 0.05) is 50.8 Å². The Morgan fingerprint density at radius 3 is 2.58 bits per heavy atom. The first-order valence-corrected chi connectivity index (χ1v) is 13.2. The van der Waals surface area contributed by atoms with E-state index in [1.165, 1.54) is 7.11 Å². The van der Waals surface area contributed by atoms with Crippen molar-refractivity contribution in [3.63, 3.8) is 0 Å². The molecular formula is C30H29Cl2N3O3. The first kappa shape index (κ1) is 26.3. The van der Waals surface area contributed by atoms with Crippen LogP contribution in [0.5, 0.6) is 0 Å². The molecule has 2 aliphatic rings. The predicted octanol–water partition coefficient (Wildman–Crippen LogP) is 6.68. The van der Waals surface area contributed by atoms with Crippen molar-refractivity contribution in [2.24, 2.45) is 5.41 Å². The third kappa shape index (κ3) is 4.91. The Morgan fingerprint density at radius 2 is 1.89 bits per heavy atom. The van der Waals surface area contributed by atoms with Crippen LogP contribution >= 0.6 is 23.2 Å². The summed E-state index contributed by atoms with van der Waals surface area (Å²) < 4.78 is 7.02. The van der Waals surface area contributed by atoms with Gasteiger partial charge >= 0.3 is 5.97 Å². The molecule has 5 rings (SSSR count). The number of ketones is 1. The minimum atomic E-state index is -0.619. The number of benzene rings is 2. The fourth-order valence-corrected chi connectivity index (χ4v) is 5.97. The Morgan fingerprint density at radius 1 is 1.16 bits per heavy atom. The molecule has 2 aromatic carbocycles. The second-order valence-electron chi connectivity index (χ2n) is 10.7. The minimum Gasteiger partial charge on any atom is -0.466 e. The number of carbonyl (C=O) groups excluding carboxylic acids is 2. The second kappa shape index (κ2) is 10.1. The summed E-state index contributed by atoms with van der Waals surface area (Å²) in [5.41, 5.74) is 5.57. The monoisotopic (exact) mass is 549 g/mol. The number of Topliss-reactive ketones (excluding diaryl/α,β-unsaturated/α-hetero) is 1. The zero-order valence-corrected chi connectivity index (χ0v) is 23.3. The van der Waals surface area contributed by atoms with Gasteiger partial charge in [-0.3, -0.25) is 9.48 Å². The van der Waals surface area contributed by atoms with Crippen LogP contribution in [0.25, 0.3) is 11.3 Å². The van der Waals surface area contributed by atoms with Gasteiger partial charge in [0.05, 0.1) is 30.8 Å². The third-order valence-corrected chi connectivity index (χ3v) is 7.73. The summed E-state index contributed by atoms with van der Waals surface area (Å²) in [6.45, 7) is 6.42. The van der Waals surface area contributed by atoms with Crippen LogP contribution in [0.1, 0.15) is 50.7 Å². The van der Waals surface area contributed by atoms with E-state index >= 15 is 0 Å². The molecule has 3 aromatic rings. The van der Waals surface area contributed by atoms with Crippen molar-refractivity contribution in [2.45, 2.75) is 46.1 Å². The molecule has 0 saturated heterocycles. The van der Waals surface area contributed by atoms with Gasteiger partial charge in [0.25, 0.3) is 0 Å². The number of aromatic nitrogens is 2. The number of carbonyl (C=O) groups is 2. The Kier molecular flexibility index (Phi) is 6.97. The number of nitrogens with one attached hydrogen (secondary N) is 1. The number of allylic oxidation sites excluding steroid dienone is 3. The third-order valence-electron chi connectivity index (χ3n) is 7.14. The van der Waals surface area contributed by atoms with E-state index in [0.29, 0.717) is 52.0 Å². The molecule has 0 unspecified atom stereocenters. The van der Waals surface area contributed by atoms with Crippen molar-refractivity contribution in [2.75, 3.05) is 7.11 Å². The van der Waals surface area contributed by atoms with Gasteiger partial charge in [-0.15, -0.1) is 0 Å². The van der Waals surface area contributed by atoms with Crippen molar-refractivity contribution in [1.82, 2.24) is 15.1 Å². The second-order valence-corrected chi connectivity index (χ2v) is 11.5. The molecule has 6 nitrogen and oxygen atoms in total. The smallest absolute Gasteiger partial charge is 0.336 e. The highest BCUT2D eigenvalue weighted by Gasteiger charge is 2.44. The first-order chi connectivity index (χ1) is 18.1. The van der Waals surface area contributed by atoms with E-state index in [0.717, 1.165) is 22.4 Å². The van der Waals surface area contributed by atoms with Crippen LogP contribution in [0.15, 0.2) is 77.3 Å². The molecule has 1 atom stereocenters. The molecule has 196 valence electrons. The topological polar surface area (TPSA) is 73.2 Å². The predicted molar refractivity (Wildman–Crippen MR) is 149 cm³/mol.